The molecule has 151 valence electrons. The molecule has 0 bridgehead atoms. The molecule has 27 heavy (non-hydrogen) atoms. The Morgan fingerprint density at radius 1 is 0.889 bits per heavy atom. The molecule has 1 saturated heterocycles. The molecule has 1 saturated carbocycles. The lowest BCUT2D eigenvalue weighted by molar-refractivity contribution is -0.147. The molecule has 5 unspecified atom stereocenters. The second-order valence-corrected chi connectivity index (χ2v) is 7.24. The fraction of sp³-hybridized carbons (Fsp3) is 0.722. The van der Waals surface area contributed by atoms with Crippen molar-refractivity contribution in [3.05, 3.63) is 5.92 Å². The van der Waals surface area contributed by atoms with Crippen LogP contribution in [0.2, 0.25) is 0 Å². The topological polar surface area (TPSA) is 162 Å². The van der Waals surface area contributed by atoms with Gasteiger partial charge in [0.05, 0.1) is 24.0 Å². The third-order valence-electron chi connectivity index (χ3n) is 5.42. The molecule has 1 aliphatic carbocycles. The van der Waals surface area contributed by atoms with Crippen LogP contribution in [0.4, 0.5) is 0 Å². The highest BCUT2D eigenvalue weighted by Gasteiger charge is 2.54. The summed E-state index contributed by atoms with van der Waals surface area (Å²) in [4.78, 5) is 45.1. The molecule has 0 aromatic heterocycles. The number of ether oxygens (including phenoxy) is 1. The van der Waals surface area contributed by atoms with Crippen molar-refractivity contribution in [2.45, 2.75) is 63.6 Å². The summed E-state index contributed by atoms with van der Waals surface area (Å²) in [6.07, 6.45) is 0.978. The van der Waals surface area contributed by atoms with Crippen LogP contribution in [0.15, 0.2) is 0 Å². The Morgan fingerprint density at radius 2 is 1.48 bits per heavy atom. The Kier molecular flexibility index (Phi) is 7.18. The summed E-state index contributed by atoms with van der Waals surface area (Å²) in [7, 11) is 0. The van der Waals surface area contributed by atoms with Crippen molar-refractivity contribution in [2.24, 2.45) is 17.8 Å². The van der Waals surface area contributed by atoms with Crippen LogP contribution in [0.3, 0.4) is 0 Å². The highest BCUT2D eigenvalue weighted by atomic mass is 16.6. The smallest absolute Gasteiger partial charge is 0.307 e. The van der Waals surface area contributed by atoms with Crippen molar-refractivity contribution in [3.8, 4) is 0 Å². The maximum Gasteiger partial charge on any atom is 0.307 e. The SMILES string of the molecule is O=C(O)CCCC([C]1CC2OC2CC1C(CCCC(=O)O)C(=O)O)C(=O)O. The van der Waals surface area contributed by atoms with Crippen molar-refractivity contribution in [2.75, 3.05) is 0 Å². The van der Waals surface area contributed by atoms with Gasteiger partial charge in [0, 0.05) is 12.8 Å². The summed E-state index contributed by atoms with van der Waals surface area (Å²) in [6, 6.07) is 0. The summed E-state index contributed by atoms with van der Waals surface area (Å²) in [5.41, 5.74) is 0. The third-order valence-corrected chi connectivity index (χ3v) is 5.42. The molecule has 1 radical (unpaired) electrons. The van der Waals surface area contributed by atoms with Crippen molar-refractivity contribution in [3.63, 3.8) is 0 Å². The predicted octanol–water partition coefficient (Wildman–Crippen LogP) is 1.65. The normalized spacial score (nSPS) is 26.6. The minimum Gasteiger partial charge on any atom is -0.481 e. The van der Waals surface area contributed by atoms with Gasteiger partial charge in [-0.1, -0.05) is 0 Å². The van der Waals surface area contributed by atoms with E-state index in [0.29, 0.717) is 18.8 Å². The average molecular weight is 385 g/mol. The molecular formula is C18H25O9. The molecule has 2 rings (SSSR count). The van der Waals surface area contributed by atoms with E-state index >= 15 is 0 Å². The molecule has 4 N–H and O–H groups in total. The molecule has 0 aromatic rings. The number of aliphatic carboxylic acids is 4. The molecule has 0 aromatic carbocycles. The maximum atomic E-state index is 11.8. The number of carboxylic acids is 4. The highest BCUT2D eigenvalue weighted by molar-refractivity contribution is 5.75. The van der Waals surface area contributed by atoms with E-state index in [4.69, 9.17) is 14.9 Å². The Hall–Kier alpha value is -2.16. The quantitative estimate of drug-likeness (QED) is 0.366. The maximum absolute atomic E-state index is 11.8. The van der Waals surface area contributed by atoms with Gasteiger partial charge in [-0.25, -0.2) is 0 Å². The van der Waals surface area contributed by atoms with Crippen LogP contribution in [0, 0.1) is 23.7 Å². The lowest BCUT2D eigenvalue weighted by Crippen LogP contribution is -2.39. The van der Waals surface area contributed by atoms with Gasteiger partial charge >= 0.3 is 23.9 Å². The van der Waals surface area contributed by atoms with Gasteiger partial charge in [0.25, 0.3) is 0 Å². The number of fused-ring (bicyclic) bond motifs is 1. The van der Waals surface area contributed by atoms with Gasteiger partial charge in [0.15, 0.2) is 0 Å². The Balaban J connectivity index is 2.13. The second kappa shape index (κ2) is 9.16. The number of carbonyl (C=O) groups is 4. The van der Waals surface area contributed by atoms with E-state index in [-0.39, 0.29) is 50.7 Å². The molecule has 2 fully saturated rings. The van der Waals surface area contributed by atoms with Gasteiger partial charge in [0.2, 0.25) is 0 Å². The number of hydrogen-bond acceptors (Lipinski definition) is 5. The molecule has 0 amide bonds. The van der Waals surface area contributed by atoms with E-state index in [9.17, 15) is 29.4 Å². The van der Waals surface area contributed by atoms with E-state index in [1.165, 1.54) is 0 Å². The fourth-order valence-electron chi connectivity index (χ4n) is 4.07. The molecular weight excluding hydrogens is 360 g/mol. The minimum absolute atomic E-state index is 0.0754. The van der Waals surface area contributed by atoms with E-state index < -0.39 is 41.6 Å². The Bertz CT molecular complexity index is 537. The van der Waals surface area contributed by atoms with Crippen LogP contribution in [0.1, 0.15) is 51.4 Å². The summed E-state index contributed by atoms with van der Waals surface area (Å²) < 4.78 is 5.49. The predicted molar refractivity (Wildman–Crippen MR) is 89.9 cm³/mol. The zero-order valence-corrected chi connectivity index (χ0v) is 14.9. The van der Waals surface area contributed by atoms with Gasteiger partial charge in [-0.05, 0) is 50.4 Å². The summed E-state index contributed by atoms with van der Waals surface area (Å²) >= 11 is 0. The van der Waals surface area contributed by atoms with Crippen LogP contribution in [0.5, 0.6) is 0 Å². The average Bonchev–Trinajstić information content (AvgIpc) is 3.31. The number of carboxylic acid groups (broad SMARTS) is 4. The monoisotopic (exact) mass is 385 g/mol. The van der Waals surface area contributed by atoms with Gasteiger partial charge in [-0.3, -0.25) is 19.2 Å². The second-order valence-electron chi connectivity index (χ2n) is 7.24. The van der Waals surface area contributed by atoms with Crippen LogP contribution in [0.25, 0.3) is 0 Å². The first-order valence-electron chi connectivity index (χ1n) is 9.11. The standard InChI is InChI=1S/C18H25O9/c19-15(20)5-1-3-9(17(23)24)11-7-13-14(27-13)8-12(11)10(18(25)26)4-2-6-16(21)22/h9-11,13-14H,1-8H2,(H,19,20)(H,21,22)(H,23,24)(H,25,26). The number of hydrogen-bond donors (Lipinski definition) is 4. The van der Waals surface area contributed by atoms with E-state index in [1.807, 2.05) is 0 Å². The largest absolute Gasteiger partial charge is 0.481 e. The zero-order valence-electron chi connectivity index (χ0n) is 14.9. The molecule has 5 atom stereocenters. The number of epoxide rings is 1. The first-order valence-corrected chi connectivity index (χ1v) is 9.11. The third kappa shape index (κ3) is 5.92. The van der Waals surface area contributed by atoms with Gasteiger partial charge in [-0.2, -0.15) is 0 Å². The van der Waals surface area contributed by atoms with E-state index in [2.05, 4.69) is 0 Å². The van der Waals surface area contributed by atoms with Crippen molar-refractivity contribution < 1.29 is 44.3 Å². The lowest BCUT2D eigenvalue weighted by Gasteiger charge is -2.36. The van der Waals surface area contributed by atoms with E-state index in [1.54, 1.807) is 0 Å². The molecule has 2 aliphatic rings. The van der Waals surface area contributed by atoms with Crippen LogP contribution in [-0.4, -0.2) is 56.5 Å². The van der Waals surface area contributed by atoms with Gasteiger partial charge < -0.3 is 25.2 Å². The van der Waals surface area contributed by atoms with Gasteiger partial charge in [-0.15, -0.1) is 0 Å². The molecule has 0 spiro atoms. The molecule has 9 heteroatoms. The van der Waals surface area contributed by atoms with Crippen molar-refractivity contribution in [1.82, 2.24) is 0 Å². The first-order chi connectivity index (χ1) is 12.7. The van der Waals surface area contributed by atoms with Crippen LogP contribution < -0.4 is 0 Å². The Labute approximate surface area is 156 Å². The molecule has 1 heterocycles. The first kappa shape index (κ1) is 21.1. The van der Waals surface area contributed by atoms with Crippen molar-refractivity contribution in [1.29, 1.82) is 0 Å². The highest BCUT2D eigenvalue weighted by Crippen LogP contribution is 2.51. The number of rotatable bonds is 12. The van der Waals surface area contributed by atoms with Crippen molar-refractivity contribution >= 4 is 23.9 Å². The molecule has 9 nitrogen and oxygen atoms in total. The Morgan fingerprint density at radius 3 is 2.00 bits per heavy atom. The summed E-state index contributed by atoms with van der Waals surface area (Å²) in [5, 5.41) is 36.9. The summed E-state index contributed by atoms with van der Waals surface area (Å²) in [5.74, 6) is -5.88. The molecule has 1 aliphatic heterocycles. The minimum atomic E-state index is -1.09. The van der Waals surface area contributed by atoms with E-state index in [0.717, 1.165) is 0 Å². The van der Waals surface area contributed by atoms with Crippen LogP contribution in [-0.2, 0) is 23.9 Å². The fourth-order valence-corrected chi connectivity index (χ4v) is 4.07. The van der Waals surface area contributed by atoms with Gasteiger partial charge in [0.1, 0.15) is 0 Å². The zero-order chi connectivity index (χ0) is 20.1. The summed E-state index contributed by atoms with van der Waals surface area (Å²) in [6.45, 7) is 0. The van der Waals surface area contributed by atoms with Crippen LogP contribution >= 0.6 is 0 Å². The lowest BCUT2D eigenvalue weighted by atomic mass is 9.65.